The lowest BCUT2D eigenvalue weighted by molar-refractivity contribution is 1.10. The highest BCUT2D eigenvalue weighted by Crippen LogP contribution is 2.00. The summed E-state index contributed by atoms with van der Waals surface area (Å²) >= 11 is 0. The topological polar surface area (TPSA) is 48.2 Å². The summed E-state index contributed by atoms with van der Waals surface area (Å²) in [5, 5.41) is 11.0. The van der Waals surface area contributed by atoms with Gasteiger partial charge in [0.25, 0.3) is 0 Å². The molecule has 0 aromatic heterocycles. The molecule has 0 spiro atoms. The minimum absolute atomic E-state index is 0.587. The number of benzene rings is 1. The molecule has 0 saturated carbocycles. The molecule has 0 atom stereocenters. The molecular weight excluding hydrogens is 186 g/mol. The van der Waals surface area contributed by atoms with E-state index in [0.717, 1.165) is 5.56 Å². The summed E-state index contributed by atoms with van der Waals surface area (Å²) in [6.45, 7) is 2.58. The van der Waals surface area contributed by atoms with Crippen LogP contribution >= 0.6 is 0 Å². The number of aliphatic imine (C=N–C) groups is 1. The number of nitrogens with one attached hydrogen (secondary N) is 1. The van der Waals surface area contributed by atoms with Crippen LogP contribution in [0.4, 0.5) is 0 Å². The fourth-order valence-electron chi connectivity index (χ4n) is 1.10. The van der Waals surface area contributed by atoms with Crippen LogP contribution in [0, 0.1) is 11.5 Å². The summed E-state index contributed by atoms with van der Waals surface area (Å²) in [6, 6.07) is 9.88. The van der Waals surface area contributed by atoms with E-state index < -0.39 is 0 Å². The Morgan fingerprint density at radius 2 is 2.20 bits per heavy atom. The molecule has 3 heteroatoms. The molecule has 0 amide bonds. The summed E-state index contributed by atoms with van der Waals surface area (Å²) in [7, 11) is 0. The first-order valence-corrected chi connectivity index (χ1v) is 4.79. The molecule has 1 aromatic rings. The van der Waals surface area contributed by atoms with Crippen LogP contribution in [0.15, 0.2) is 41.4 Å². The van der Waals surface area contributed by atoms with Crippen LogP contribution in [0.3, 0.4) is 0 Å². The molecule has 0 saturated heterocycles. The second-order valence-electron chi connectivity index (χ2n) is 2.84. The van der Waals surface area contributed by atoms with Crippen molar-refractivity contribution in [3.63, 3.8) is 0 Å². The molecule has 0 radical (unpaired) electrons. The van der Waals surface area contributed by atoms with Gasteiger partial charge in [-0.05, 0) is 18.6 Å². The minimum Gasteiger partial charge on any atom is -0.277 e. The van der Waals surface area contributed by atoms with Crippen molar-refractivity contribution in [3.05, 3.63) is 42.0 Å². The molecular formula is C12H13N3. The lowest BCUT2D eigenvalue weighted by atomic mass is 10.2. The zero-order chi connectivity index (χ0) is 10.9. The maximum atomic E-state index is 8.48. The Morgan fingerprint density at radius 1 is 1.47 bits per heavy atom. The van der Waals surface area contributed by atoms with Gasteiger partial charge in [-0.15, -0.1) is 0 Å². The molecule has 1 N–H and O–H groups in total. The molecule has 0 aliphatic rings. The second kappa shape index (κ2) is 6.39. The number of rotatable bonds is 3. The molecule has 0 unspecified atom stereocenters. The van der Waals surface area contributed by atoms with Gasteiger partial charge in [-0.2, -0.15) is 5.26 Å². The predicted octanol–water partition coefficient (Wildman–Crippen LogP) is 2.19. The quantitative estimate of drug-likeness (QED) is 0.351. The first kappa shape index (κ1) is 11.0. The largest absolute Gasteiger partial charge is 0.277 e. The van der Waals surface area contributed by atoms with Crippen LogP contribution in [0.25, 0.3) is 6.08 Å². The first-order chi connectivity index (χ1) is 7.36. The van der Waals surface area contributed by atoms with Gasteiger partial charge in [0, 0.05) is 6.54 Å². The molecule has 3 nitrogen and oxygen atoms in total. The second-order valence-corrected chi connectivity index (χ2v) is 2.84. The number of hydrogen-bond donors (Lipinski definition) is 1. The van der Waals surface area contributed by atoms with E-state index in [1.807, 2.05) is 49.5 Å². The third-order valence-corrected chi connectivity index (χ3v) is 1.75. The summed E-state index contributed by atoms with van der Waals surface area (Å²) in [6.07, 6.45) is 5.57. The van der Waals surface area contributed by atoms with E-state index in [4.69, 9.17) is 5.26 Å². The lowest BCUT2D eigenvalue weighted by Gasteiger charge is -1.96. The lowest BCUT2D eigenvalue weighted by Crippen LogP contribution is -2.14. The Labute approximate surface area is 89.8 Å². The summed E-state index contributed by atoms with van der Waals surface area (Å²) in [5.41, 5.74) is 1.08. The molecule has 0 aliphatic carbocycles. The van der Waals surface area contributed by atoms with E-state index in [9.17, 15) is 0 Å². The third-order valence-electron chi connectivity index (χ3n) is 1.75. The van der Waals surface area contributed by atoms with Crippen LogP contribution in [0.2, 0.25) is 0 Å². The number of nitrogens with zero attached hydrogens (tertiary/aromatic N) is 2. The van der Waals surface area contributed by atoms with Gasteiger partial charge in [-0.3, -0.25) is 10.3 Å². The van der Waals surface area contributed by atoms with Gasteiger partial charge in [0.1, 0.15) is 5.84 Å². The van der Waals surface area contributed by atoms with E-state index >= 15 is 0 Å². The van der Waals surface area contributed by atoms with E-state index in [0.29, 0.717) is 12.4 Å². The molecule has 15 heavy (non-hydrogen) atoms. The molecule has 0 aliphatic heterocycles. The first-order valence-electron chi connectivity index (χ1n) is 4.79. The van der Waals surface area contributed by atoms with Crippen molar-refractivity contribution >= 4 is 11.9 Å². The van der Waals surface area contributed by atoms with E-state index in [-0.39, 0.29) is 0 Å². The number of hydrogen-bond acceptors (Lipinski definition) is 2. The normalized spacial score (nSPS) is 11.3. The average Bonchev–Trinajstić information content (AvgIpc) is 2.28. The molecule has 0 bridgehead atoms. The fourth-order valence-corrected chi connectivity index (χ4v) is 1.10. The van der Waals surface area contributed by atoms with Crippen molar-refractivity contribution in [2.45, 2.75) is 6.92 Å². The van der Waals surface area contributed by atoms with Crippen molar-refractivity contribution in [2.24, 2.45) is 4.99 Å². The summed E-state index contributed by atoms with van der Waals surface area (Å²) < 4.78 is 0. The smallest absolute Gasteiger partial charge is 0.182 e. The van der Waals surface area contributed by atoms with Gasteiger partial charge >= 0.3 is 0 Å². The highest BCUT2D eigenvalue weighted by Gasteiger charge is 1.90. The Kier molecular flexibility index (Phi) is 4.68. The SMILES string of the molecule is CCN=C(C=Cc1ccccc1)NC#N. The maximum Gasteiger partial charge on any atom is 0.182 e. The van der Waals surface area contributed by atoms with Crippen LogP contribution in [0.5, 0.6) is 0 Å². The van der Waals surface area contributed by atoms with Crippen LogP contribution in [-0.2, 0) is 0 Å². The molecule has 1 rings (SSSR count). The van der Waals surface area contributed by atoms with E-state index in [1.54, 1.807) is 6.08 Å². The Hall–Kier alpha value is -2.08. The molecule has 0 heterocycles. The average molecular weight is 199 g/mol. The summed E-state index contributed by atoms with van der Waals surface area (Å²) in [5.74, 6) is 0.587. The number of amidine groups is 1. The third kappa shape index (κ3) is 4.10. The van der Waals surface area contributed by atoms with Gasteiger partial charge in [0.05, 0.1) is 0 Å². The Balaban J connectivity index is 2.71. The van der Waals surface area contributed by atoms with Gasteiger partial charge in [0.2, 0.25) is 0 Å². The van der Waals surface area contributed by atoms with E-state index in [2.05, 4.69) is 10.3 Å². The Bertz CT molecular complexity index is 385. The van der Waals surface area contributed by atoms with Crippen molar-refractivity contribution < 1.29 is 0 Å². The number of nitriles is 1. The predicted molar refractivity (Wildman–Crippen MR) is 62.2 cm³/mol. The van der Waals surface area contributed by atoms with Crippen molar-refractivity contribution in [3.8, 4) is 6.19 Å². The molecule has 1 aromatic carbocycles. The van der Waals surface area contributed by atoms with Crippen LogP contribution < -0.4 is 5.32 Å². The molecule has 76 valence electrons. The minimum atomic E-state index is 0.587. The van der Waals surface area contributed by atoms with Crippen LogP contribution in [0.1, 0.15) is 12.5 Å². The van der Waals surface area contributed by atoms with Crippen molar-refractivity contribution in [2.75, 3.05) is 6.54 Å². The fraction of sp³-hybridized carbons (Fsp3) is 0.167. The zero-order valence-electron chi connectivity index (χ0n) is 8.64. The van der Waals surface area contributed by atoms with Crippen molar-refractivity contribution in [1.82, 2.24) is 5.32 Å². The van der Waals surface area contributed by atoms with Gasteiger partial charge in [-0.25, -0.2) is 0 Å². The summed E-state index contributed by atoms with van der Waals surface area (Å²) in [4.78, 5) is 4.13. The highest BCUT2D eigenvalue weighted by atomic mass is 15.0. The monoisotopic (exact) mass is 199 g/mol. The maximum absolute atomic E-state index is 8.48. The highest BCUT2D eigenvalue weighted by molar-refractivity contribution is 5.97. The molecule has 0 fully saturated rings. The standard InChI is InChI=1S/C12H13N3/c1-2-14-12(15-10-13)9-8-11-6-4-3-5-7-11/h3-9H,2H2,1H3,(H,14,15). The zero-order valence-corrected chi connectivity index (χ0v) is 8.64. The van der Waals surface area contributed by atoms with E-state index in [1.165, 1.54) is 0 Å². The van der Waals surface area contributed by atoms with Gasteiger partial charge in [0.15, 0.2) is 6.19 Å². The van der Waals surface area contributed by atoms with Crippen LogP contribution in [-0.4, -0.2) is 12.4 Å². The van der Waals surface area contributed by atoms with Gasteiger partial charge in [-0.1, -0.05) is 36.4 Å². The van der Waals surface area contributed by atoms with Crippen molar-refractivity contribution in [1.29, 1.82) is 5.26 Å². The Morgan fingerprint density at radius 3 is 2.80 bits per heavy atom. The van der Waals surface area contributed by atoms with Gasteiger partial charge < -0.3 is 0 Å².